The summed E-state index contributed by atoms with van der Waals surface area (Å²) in [7, 11) is 0. The molecule has 176 valence electrons. The van der Waals surface area contributed by atoms with E-state index in [1.807, 2.05) is 41.0 Å². The highest BCUT2D eigenvalue weighted by molar-refractivity contribution is 6.32. The van der Waals surface area contributed by atoms with Gasteiger partial charge in [0, 0.05) is 25.7 Å². The van der Waals surface area contributed by atoms with E-state index in [0.717, 1.165) is 68.5 Å². The molecule has 0 unspecified atom stereocenters. The van der Waals surface area contributed by atoms with E-state index in [9.17, 15) is 4.79 Å². The van der Waals surface area contributed by atoms with E-state index in [2.05, 4.69) is 22.9 Å². The lowest BCUT2D eigenvalue weighted by Crippen LogP contribution is -2.44. The van der Waals surface area contributed by atoms with Gasteiger partial charge in [0.2, 0.25) is 0 Å². The van der Waals surface area contributed by atoms with Gasteiger partial charge < -0.3 is 14.6 Å². The number of imidazole rings is 1. The molecule has 6 heteroatoms. The minimum Gasteiger partial charge on any atom is -0.486 e. The zero-order valence-corrected chi connectivity index (χ0v) is 20.2. The van der Waals surface area contributed by atoms with Gasteiger partial charge in [-0.05, 0) is 81.7 Å². The summed E-state index contributed by atoms with van der Waals surface area (Å²) in [5.41, 5.74) is 3.01. The van der Waals surface area contributed by atoms with Crippen molar-refractivity contribution in [3.63, 3.8) is 0 Å². The average molecular weight is 468 g/mol. The first-order chi connectivity index (χ1) is 16.0. The van der Waals surface area contributed by atoms with Crippen molar-refractivity contribution in [3.8, 4) is 5.75 Å². The Morgan fingerprint density at radius 3 is 2.64 bits per heavy atom. The number of piperidine rings is 1. The number of rotatable bonds is 6. The number of halogens is 1. The van der Waals surface area contributed by atoms with Crippen LogP contribution in [0.25, 0.3) is 11.0 Å². The summed E-state index contributed by atoms with van der Waals surface area (Å²) in [6, 6.07) is 14.3. The second kappa shape index (κ2) is 9.55. The molecule has 5 nitrogen and oxygen atoms in total. The monoisotopic (exact) mass is 467 g/mol. The van der Waals surface area contributed by atoms with Crippen LogP contribution < -0.4 is 10.4 Å². The minimum absolute atomic E-state index is 0.0132. The molecule has 5 rings (SSSR count). The molecule has 3 aromatic rings. The van der Waals surface area contributed by atoms with Gasteiger partial charge in [-0.3, -0.25) is 4.57 Å². The molecule has 0 bridgehead atoms. The van der Waals surface area contributed by atoms with Crippen LogP contribution in [0.1, 0.15) is 63.0 Å². The largest absolute Gasteiger partial charge is 0.486 e. The molecule has 0 spiro atoms. The molecule has 2 aliphatic rings. The number of ether oxygens (including phenoxy) is 1. The first kappa shape index (κ1) is 22.5. The molecule has 1 aliphatic heterocycles. The summed E-state index contributed by atoms with van der Waals surface area (Å²) in [5.74, 6) is 0.830. The Labute approximate surface area is 200 Å². The van der Waals surface area contributed by atoms with Crippen molar-refractivity contribution >= 4 is 22.6 Å². The van der Waals surface area contributed by atoms with Crippen LogP contribution in [0.2, 0.25) is 5.02 Å². The molecule has 0 amide bonds. The first-order valence-corrected chi connectivity index (χ1v) is 12.8. The van der Waals surface area contributed by atoms with Crippen molar-refractivity contribution in [1.82, 2.24) is 14.5 Å². The minimum atomic E-state index is -0.125. The van der Waals surface area contributed by atoms with E-state index in [1.165, 1.54) is 24.8 Å². The maximum absolute atomic E-state index is 12.6. The van der Waals surface area contributed by atoms with Gasteiger partial charge in [-0.15, -0.1) is 0 Å². The first-order valence-electron chi connectivity index (χ1n) is 12.4. The third-order valence-electron chi connectivity index (χ3n) is 7.61. The van der Waals surface area contributed by atoms with E-state index in [-0.39, 0.29) is 17.3 Å². The van der Waals surface area contributed by atoms with Gasteiger partial charge in [-0.25, -0.2) is 4.79 Å². The molecule has 33 heavy (non-hydrogen) atoms. The molecular weight excluding hydrogens is 434 g/mol. The quantitative estimate of drug-likeness (QED) is 0.476. The summed E-state index contributed by atoms with van der Waals surface area (Å²) >= 11 is 6.48. The van der Waals surface area contributed by atoms with Gasteiger partial charge in [0.1, 0.15) is 11.4 Å². The predicted molar refractivity (Wildman–Crippen MR) is 135 cm³/mol. The summed E-state index contributed by atoms with van der Waals surface area (Å²) in [4.78, 5) is 18.1. The molecule has 1 aliphatic carbocycles. The van der Waals surface area contributed by atoms with Crippen molar-refractivity contribution in [1.29, 1.82) is 0 Å². The maximum Gasteiger partial charge on any atom is 0.326 e. The van der Waals surface area contributed by atoms with Gasteiger partial charge in [-0.2, -0.15) is 0 Å². The Balaban J connectivity index is 1.23. The standard InChI is InChI=1S/C27H34ClN3O2/c1-20-9-10-22(28)25(19-20)33-27(13-5-2-6-14-27)15-18-30-16-11-21(12-17-30)31-24-8-4-3-7-23(24)29-26(31)32/h3-4,7-10,19,21H,2,5-6,11-18H2,1H3,(H,29,32). The van der Waals surface area contributed by atoms with E-state index in [0.29, 0.717) is 5.02 Å². The summed E-state index contributed by atoms with van der Waals surface area (Å²) < 4.78 is 8.65. The second-order valence-corrected chi connectivity index (χ2v) is 10.3. The van der Waals surface area contributed by atoms with E-state index in [1.54, 1.807) is 0 Å². The van der Waals surface area contributed by atoms with Crippen molar-refractivity contribution in [2.24, 2.45) is 0 Å². The number of nitrogens with one attached hydrogen (secondary N) is 1. The molecule has 2 fully saturated rings. The number of H-pyrrole nitrogens is 1. The molecule has 1 N–H and O–H groups in total. The third kappa shape index (κ3) is 4.85. The van der Waals surface area contributed by atoms with Crippen LogP contribution in [0.5, 0.6) is 5.75 Å². The van der Waals surface area contributed by atoms with Crippen LogP contribution >= 0.6 is 11.6 Å². The van der Waals surface area contributed by atoms with Gasteiger partial charge in [0.05, 0.1) is 16.1 Å². The molecule has 2 aromatic carbocycles. The lowest BCUT2D eigenvalue weighted by Gasteiger charge is -2.40. The molecule has 0 atom stereocenters. The summed E-state index contributed by atoms with van der Waals surface area (Å²) in [5, 5.41) is 0.704. The van der Waals surface area contributed by atoms with Crippen molar-refractivity contribution < 1.29 is 4.74 Å². The molecule has 2 heterocycles. The predicted octanol–water partition coefficient (Wildman–Crippen LogP) is 6.10. The Morgan fingerprint density at radius 1 is 1.09 bits per heavy atom. The molecule has 0 radical (unpaired) electrons. The van der Waals surface area contributed by atoms with Gasteiger partial charge >= 0.3 is 5.69 Å². The zero-order chi connectivity index (χ0) is 22.8. The SMILES string of the molecule is Cc1ccc(Cl)c(OC2(CCN3CCC(n4c(=O)[nH]c5ccccc54)CC3)CCCCC2)c1. The van der Waals surface area contributed by atoms with Crippen molar-refractivity contribution in [2.45, 2.75) is 69.9 Å². The zero-order valence-electron chi connectivity index (χ0n) is 19.5. The fraction of sp³-hybridized carbons (Fsp3) is 0.519. The van der Waals surface area contributed by atoms with Crippen LogP contribution in [0.4, 0.5) is 0 Å². The molecular formula is C27H34ClN3O2. The number of hydrogen-bond donors (Lipinski definition) is 1. The van der Waals surface area contributed by atoms with Crippen molar-refractivity contribution in [2.75, 3.05) is 19.6 Å². The highest BCUT2D eigenvalue weighted by Gasteiger charge is 2.35. The number of benzene rings is 2. The average Bonchev–Trinajstić information content (AvgIpc) is 3.17. The fourth-order valence-electron chi connectivity index (χ4n) is 5.72. The van der Waals surface area contributed by atoms with Crippen LogP contribution in [-0.4, -0.2) is 39.7 Å². The highest BCUT2D eigenvalue weighted by Crippen LogP contribution is 2.39. The number of fused-ring (bicyclic) bond motifs is 1. The fourth-order valence-corrected chi connectivity index (χ4v) is 5.88. The van der Waals surface area contributed by atoms with Crippen LogP contribution in [-0.2, 0) is 0 Å². The normalized spacial score (nSPS) is 19.7. The number of hydrogen-bond acceptors (Lipinski definition) is 3. The van der Waals surface area contributed by atoms with E-state index in [4.69, 9.17) is 16.3 Å². The van der Waals surface area contributed by atoms with Crippen molar-refractivity contribution in [3.05, 3.63) is 63.5 Å². The lowest BCUT2D eigenvalue weighted by atomic mass is 9.82. The topological polar surface area (TPSA) is 50.3 Å². The number of likely N-dealkylation sites (tertiary alicyclic amines) is 1. The number of para-hydroxylation sites is 2. The van der Waals surface area contributed by atoms with Crippen LogP contribution in [0, 0.1) is 6.92 Å². The molecule has 1 saturated heterocycles. The smallest absolute Gasteiger partial charge is 0.326 e. The number of aromatic nitrogens is 2. The maximum atomic E-state index is 12.6. The number of nitrogens with zero attached hydrogens (tertiary/aromatic N) is 2. The van der Waals surface area contributed by atoms with Gasteiger partial charge in [0.15, 0.2) is 0 Å². The number of aromatic amines is 1. The lowest BCUT2D eigenvalue weighted by molar-refractivity contribution is 0.0102. The van der Waals surface area contributed by atoms with Crippen LogP contribution in [0.3, 0.4) is 0 Å². The third-order valence-corrected chi connectivity index (χ3v) is 7.92. The Kier molecular flexibility index (Phi) is 6.53. The summed E-state index contributed by atoms with van der Waals surface area (Å²) in [6.07, 6.45) is 8.94. The number of aryl methyl sites for hydroxylation is 1. The van der Waals surface area contributed by atoms with Gasteiger partial charge in [0.25, 0.3) is 0 Å². The molecule has 1 aromatic heterocycles. The summed E-state index contributed by atoms with van der Waals surface area (Å²) in [6.45, 7) is 5.13. The Hall–Kier alpha value is -2.24. The van der Waals surface area contributed by atoms with E-state index >= 15 is 0 Å². The van der Waals surface area contributed by atoms with Gasteiger partial charge in [-0.1, -0.05) is 36.2 Å². The van der Waals surface area contributed by atoms with E-state index < -0.39 is 0 Å². The molecule has 1 saturated carbocycles. The van der Waals surface area contributed by atoms with Crippen LogP contribution in [0.15, 0.2) is 47.3 Å². The highest BCUT2D eigenvalue weighted by atomic mass is 35.5. The Bertz CT molecular complexity index is 1150. The second-order valence-electron chi connectivity index (χ2n) is 9.92. The Morgan fingerprint density at radius 2 is 1.85 bits per heavy atom.